The first-order valence-electron chi connectivity index (χ1n) is 3.35. The lowest BCUT2D eigenvalue weighted by molar-refractivity contribution is -0.0445. The second kappa shape index (κ2) is 10.5. The van der Waals surface area contributed by atoms with Gasteiger partial charge >= 0.3 is 0 Å². The molecule has 1 unspecified atom stereocenters. The Kier molecular flexibility index (Phi) is 16.7. The molecule has 0 radical (unpaired) electrons. The standard InChI is InChI=1S/C6H16N2O.2ClH/c1-4-8(5-2)6(3)9-7;;/h6H,4-5,7H2,1-3H3;2*1H. The SMILES string of the molecule is CCN(CC)C(C)ON.Cl.Cl. The summed E-state index contributed by atoms with van der Waals surface area (Å²) in [6.45, 7) is 8.06. The molecule has 1 atom stereocenters. The molecule has 0 fully saturated rings. The normalized spacial score (nSPS) is 11.7. The lowest BCUT2D eigenvalue weighted by Gasteiger charge is -2.23. The molecule has 3 nitrogen and oxygen atoms in total. The van der Waals surface area contributed by atoms with E-state index >= 15 is 0 Å². The Morgan fingerprint density at radius 1 is 1.27 bits per heavy atom. The summed E-state index contributed by atoms with van der Waals surface area (Å²) in [6.07, 6.45) is 0.0417. The van der Waals surface area contributed by atoms with Gasteiger partial charge in [-0.15, -0.1) is 24.8 Å². The van der Waals surface area contributed by atoms with Gasteiger partial charge in [0.25, 0.3) is 0 Å². The van der Waals surface area contributed by atoms with Crippen LogP contribution in [-0.4, -0.2) is 24.2 Å². The van der Waals surface area contributed by atoms with Crippen LogP contribution in [0.5, 0.6) is 0 Å². The molecule has 0 rings (SSSR count). The number of rotatable bonds is 4. The highest BCUT2D eigenvalue weighted by Crippen LogP contribution is 1.95. The number of nitrogens with two attached hydrogens (primary N) is 1. The fourth-order valence-electron chi connectivity index (χ4n) is 0.824. The highest BCUT2D eigenvalue weighted by atomic mass is 35.5. The van der Waals surface area contributed by atoms with Crippen molar-refractivity contribution in [3.8, 4) is 0 Å². The Labute approximate surface area is 81.0 Å². The first-order chi connectivity index (χ1) is 4.26. The van der Waals surface area contributed by atoms with Gasteiger partial charge < -0.3 is 0 Å². The van der Waals surface area contributed by atoms with Crippen LogP contribution >= 0.6 is 24.8 Å². The minimum Gasteiger partial charge on any atom is -0.286 e. The quantitative estimate of drug-likeness (QED) is 0.557. The van der Waals surface area contributed by atoms with E-state index in [9.17, 15) is 0 Å². The minimum absolute atomic E-state index is 0. The largest absolute Gasteiger partial charge is 0.286 e. The molecule has 0 saturated carbocycles. The van der Waals surface area contributed by atoms with E-state index in [1.54, 1.807) is 0 Å². The van der Waals surface area contributed by atoms with Crippen LogP contribution in [0, 0.1) is 0 Å². The van der Waals surface area contributed by atoms with Crippen molar-refractivity contribution in [1.82, 2.24) is 4.90 Å². The van der Waals surface area contributed by atoms with E-state index in [2.05, 4.69) is 23.6 Å². The van der Waals surface area contributed by atoms with Crippen molar-refractivity contribution in [2.45, 2.75) is 27.0 Å². The Bertz CT molecular complexity index is 71.6. The predicted octanol–water partition coefficient (Wildman–Crippen LogP) is 1.41. The van der Waals surface area contributed by atoms with Gasteiger partial charge in [-0.25, -0.2) is 5.90 Å². The van der Waals surface area contributed by atoms with E-state index in [0.717, 1.165) is 13.1 Å². The Morgan fingerprint density at radius 3 is 1.73 bits per heavy atom. The van der Waals surface area contributed by atoms with Crippen LogP contribution in [0.1, 0.15) is 20.8 Å². The van der Waals surface area contributed by atoms with Crippen molar-refractivity contribution in [3.05, 3.63) is 0 Å². The van der Waals surface area contributed by atoms with Gasteiger partial charge in [0, 0.05) is 0 Å². The van der Waals surface area contributed by atoms with Gasteiger partial charge in [0.2, 0.25) is 0 Å². The van der Waals surface area contributed by atoms with Gasteiger partial charge in [0.15, 0.2) is 0 Å². The molecule has 5 heteroatoms. The van der Waals surface area contributed by atoms with Crippen molar-refractivity contribution in [3.63, 3.8) is 0 Å². The fourth-order valence-corrected chi connectivity index (χ4v) is 0.824. The van der Waals surface area contributed by atoms with Gasteiger partial charge in [-0.1, -0.05) is 13.8 Å². The molecule has 0 aromatic heterocycles. The van der Waals surface area contributed by atoms with Crippen molar-refractivity contribution in [1.29, 1.82) is 0 Å². The summed E-state index contributed by atoms with van der Waals surface area (Å²) in [5.74, 6) is 4.98. The molecule has 0 saturated heterocycles. The summed E-state index contributed by atoms with van der Waals surface area (Å²) in [4.78, 5) is 6.74. The maximum absolute atomic E-state index is 4.98. The zero-order valence-corrected chi connectivity index (χ0v) is 8.87. The average Bonchev–Trinajstić information content (AvgIpc) is 1.90. The predicted molar refractivity (Wildman–Crippen MR) is 52.2 cm³/mol. The number of hydrogen-bond donors (Lipinski definition) is 1. The summed E-state index contributed by atoms with van der Waals surface area (Å²) in [5, 5.41) is 0. The summed E-state index contributed by atoms with van der Waals surface area (Å²) < 4.78 is 0. The van der Waals surface area contributed by atoms with Gasteiger partial charge in [-0.3, -0.25) is 9.74 Å². The lowest BCUT2D eigenvalue weighted by atomic mass is 10.5. The third-order valence-electron chi connectivity index (χ3n) is 1.52. The van der Waals surface area contributed by atoms with Crippen molar-refractivity contribution < 1.29 is 4.84 Å². The van der Waals surface area contributed by atoms with E-state index < -0.39 is 0 Å². The molecule has 2 N–H and O–H groups in total. The molecular weight excluding hydrogens is 187 g/mol. The van der Waals surface area contributed by atoms with Crippen LogP contribution in [0.4, 0.5) is 0 Å². The second-order valence-electron chi connectivity index (χ2n) is 1.96. The van der Waals surface area contributed by atoms with Crippen LogP contribution in [0.2, 0.25) is 0 Å². The molecule has 0 aliphatic rings. The van der Waals surface area contributed by atoms with Gasteiger partial charge in [-0.05, 0) is 20.0 Å². The van der Waals surface area contributed by atoms with Crippen LogP contribution in [0.15, 0.2) is 0 Å². The van der Waals surface area contributed by atoms with Crippen LogP contribution in [-0.2, 0) is 4.84 Å². The Balaban J connectivity index is -0.000000320. The molecule has 0 aromatic carbocycles. The fraction of sp³-hybridized carbons (Fsp3) is 1.00. The van der Waals surface area contributed by atoms with Crippen molar-refractivity contribution in [2.75, 3.05) is 13.1 Å². The average molecular weight is 205 g/mol. The van der Waals surface area contributed by atoms with E-state index in [1.807, 2.05) is 6.92 Å². The van der Waals surface area contributed by atoms with Crippen LogP contribution in [0.3, 0.4) is 0 Å². The smallest absolute Gasteiger partial charge is 0.128 e. The minimum atomic E-state index is 0. The Morgan fingerprint density at radius 2 is 1.64 bits per heavy atom. The Hall–Kier alpha value is 0.460. The summed E-state index contributed by atoms with van der Waals surface area (Å²) >= 11 is 0. The van der Waals surface area contributed by atoms with Crippen molar-refractivity contribution >= 4 is 24.8 Å². The molecule has 0 heterocycles. The van der Waals surface area contributed by atoms with E-state index in [-0.39, 0.29) is 31.0 Å². The number of halogens is 2. The molecular formula is C6H18Cl2N2O. The molecule has 0 amide bonds. The zero-order chi connectivity index (χ0) is 7.28. The maximum Gasteiger partial charge on any atom is 0.128 e. The van der Waals surface area contributed by atoms with Gasteiger partial charge in [-0.2, -0.15) is 0 Å². The summed E-state index contributed by atoms with van der Waals surface area (Å²) in [5.41, 5.74) is 0. The molecule has 0 bridgehead atoms. The third-order valence-corrected chi connectivity index (χ3v) is 1.52. The third kappa shape index (κ3) is 6.84. The molecule has 0 aliphatic carbocycles. The molecule has 0 aromatic rings. The zero-order valence-electron chi connectivity index (χ0n) is 7.24. The number of nitrogens with zero attached hydrogens (tertiary/aromatic N) is 1. The first-order valence-corrected chi connectivity index (χ1v) is 3.35. The van der Waals surface area contributed by atoms with Crippen LogP contribution in [0.25, 0.3) is 0 Å². The highest BCUT2D eigenvalue weighted by molar-refractivity contribution is 5.85. The number of hydrogen-bond acceptors (Lipinski definition) is 3. The molecule has 0 spiro atoms. The molecule has 72 valence electrons. The lowest BCUT2D eigenvalue weighted by Crippen LogP contribution is -2.36. The highest BCUT2D eigenvalue weighted by Gasteiger charge is 2.06. The molecule has 0 aliphatic heterocycles. The van der Waals surface area contributed by atoms with E-state index in [0.29, 0.717) is 0 Å². The topological polar surface area (TPSA) is 38.5 Å². The monoisotopic (exact) mass is 204 g/mol. The summed E-state index contributed by atoms with van der Waals surface area (Å²) in [6, 6.07) is 0. The second-order valence-corrected chi connectivity index (χ2v) is 1.96. The maximum atomic E-state index is 4.98. The van der Waals surface area contributed by atoms with E-state index in [4.69, 9.17) is 5.90 Å². The van der Waals surface area contributed by atoms with Crippen molar-refractivity contribution in [2.24, 2.45) is 5.90 Å². The molecule has 11 heavy (non-hydrogen) atoms. The van der Waals surface area contributed by atoms with Gasteiger partial charge in [0.1, 0.15) is 6.23 Å². The summed E-state index contributed by atoms with van der Waals surface area (Å²) in [7, 11) is 0. The first kappa shape index (κ1) is 17.5. The van der Waals surface area contributed by atoms with Crippen LogP contribution < -0.4 is 5.90 Å². The van der Waals surface area contributed by atoms with E-state index in [1.165, 1.54) is 0 Å². The van der Waals surface area contributed by atoms with Gasteiger partial charge in [0.05, 0.1) is 0 Å².